The molecule has 0 amide bonds. The molecule has 112 valence electrons. The molecular weight excluding hydrogens is 244 g/mol. The second-order valence-corrected chi connectivity index (χ2v) is 5.31. The van der Waals surface area contributed by atoms with Crippen molar-refractivity contribution in [3.05, 3.63) is 12.7 Å². The number of rotatable bonds is 6. The Balaban J connectivity index is 2.44. The van der Waals surface area contributed by atoms with E-state index in [0.717, 1.165) is 32.1 Å². The molecule has 0 radical (unpaired) electrons. The lowest BCUT2D eigenvalue weighted by Crippen LogP contribution is -2.35. The molecule has 19 heavy (non-hydrogen) atoms. The normalized spacial score (nSPS) is 21.5. The predicted molar refractivity (Wildman–Crippen MR) is 74.5 cm³/mol. The summed E-state index contributed by atoms with van der Waals surface area (Å²) in [5.41, 5.74) is 0. The SMILES string of the molecule is C=CCCOOC1(OO)CCCCCCCCCC1. The Kier molecular flexibility index (Phi) is 9.08. The third-order valence-corrected chi connectivity index (χ3v) is 3.65. The molecule has 0 unspecified atom stereocenters. The minimum absolute atomic E-state index is 0.439. The van der Waals surface area contributed by atoms with Gasteiger partial charge in [-0.15, -0.1) is 6.58 Å². The molecule has 0 aromatic rings. The zero-order valence-corrected chi connectivity index (χ0v) is 11.9. The fourth-order valence-corrected chi connectivity index (χ4v) is 2.44. The van der Waals surface area contributed by atoms with E-state index in [4.69, 9.17) is 9.78 Å². The van der Waals surface area contributed by atoms with Gasteiger partial charge in [-0.25, -0.2) is 15.0 Å². The summed E-state index contributed by atoms with van der Waals surface area (Å²) in [6.45, 7) is 4.07. The molecule has 1 aliphatic rings. The lowest BCUT2D eigenvalue weighted by atomic mass is 10.0. The number of hydrogen-bond acceptors (Lipinski definition) is 4. The third kappa shape index (κ3) is 7.06. The second kappa shape index (κ2) is 10.4. The lowest BCUT2D eigenvalue weighted by Gasteiger charge is -2.28. The average molecular weight is 272 g/mol. The van der Waals surface area contributed by atoms with Crippen LogP contribution in [0.4, 0.5) is 0 Å². The Labute approximate surface area is 116 Å². The fraction of sp³-hybridized carbons (Fsp3) is 0.867. The smallest absolute Gasteiger partial charge is 0.233 e. The minimum atomic E-state index is -0.981. The first-order valence-corrected chi connectivity index (χ1v) is 7.57. The standard InChI is InChI=1S/C15H28O4/c1-2-3-14-17-19-15(18-16)12-10-8-6-4-5-7-9-11-13-15/h2,16H,1,3-14H2. The van der Waals surface area contributed by atoms with Crippen LogP contribution in [0.25, 0.3) is 0 Å². The van der Waals surface area contributed by atoms with Crippen molar-refractivity contribution < 1.29 is 19.9 Å². The van der Waals surface area contributed by atoms with Gasteiger partial charge in [0.15, 0.2) is 0 Å². The topological polar surface area (TPSA) is 47.9 Å². The molecule has 4 nitrogen and oxygen atoms in total. The maximum atomic E-state index is 9.22. The van der Waals surface area contributed by atoms with Crippen molar-refractivity contribution in [1.29, 1.82) is 0 Å². The van der Waals surface area contributed by atoms with Gasteiger partial charge in [-0.3, -0.25) is 0 Å². The predicted octanol–water partition coefficient (Wildman–Crippen LogP) is 4.61. The molecule has 0 aliphatic heterocycles. The molecule has 0 aromatic carbocycles. The van der Waals surface area contributed by atoms with Crippen LogP contribution < -0.4 is 0 Å². The highest BCUT2D eigenvalue weighted by molar-refractivity contribution is 4.69. The summed E-state index contributed by atoms with van der Waals surface area (Å²) in [6, 6.07) is 0. The molecule has 1 saturated carbocycles. The van der Waals surface area contributed by atoms with Crippen LogP contribution in [0, 0.1) is 0 Å². The van der Waals surface area contributed by atoms with Crippen LogP contribution in [0.5, 0.6) is 0 Å². The molecule has 1 rings (SSSR count). The Morgan fingerprint density at radius 3 is 1.95 bits per heavy atom. The first kappa shape index (κ1) is 16.6. The zero-order chi connectivity index (χ0) is 13.8. The maximum Gasteiger partial charge on any atom is 0.233 e. The van der Waals surface area contributed by atoms with Gasteiger partial charge in [0, 0.05) is 12.8 Å². The van der Waals surface area contributed by atoms with Crippen molar-refractivity contribution in [2.75, 3.05) is 6.61 Å². The van der Waals surface area contributed by atoms with Crippen molar-refractivity contribution in [3.8, 4) is 0 Å². The average Bonchev–Trinajstić information content (AvgIpc) is 2.49. The van der Waals surface area contributed by atoms with Crippen LogP contribution in [0.15, 0.2) is 12.7 Å². The third-order valence-electron chi connectivity index (χ3n) is 3.65. The van der Waals surface area contributed by atoms with E-state index in [-0.39, 0.29) is 0 Å². The van der Waals surface area contributed by atoms with Crippen molar-refractivity contribution in [2.45, 2.75) is 76.4 Å². The molecule has 0 saturated heterocycles. The monoisotopic (exact) mass is 272 g/mol. The van der Waals surface area contributed by atoms with E-state index < -0.39 is 5.79 Å². The molecule has 1 N–H and O–H groups in total. The van der Waals surface area contributed by atoms with Gasteiger partial charge in [-0.1, -0.05) is 44.6 Å². The van der Waals surface area contributed by atoms with Crippen LogP contribution in [-0.4, -0.2) is 17.7 Å². The zero-order valence-electron chi connectivity index (χ0n) is 11.9. The summed E-state index contributed by atoms with van der Waals surface area (Å²) in [4.78, 5) is 15.2. The molecule has 0 heterocycles. The quantitative estimate of drug-likeness (QED) is 0.252. The molecule has 0 aromatic heterocycles. The van der Waals surface area contributed by atoms with Crippen LogP contribution in [0.2, 0.25) is 0 Å². The fourth-order valence-electron chi connectivity index (χ4n) is 2.44. The lowest BCUT2D eigenvalue weighted by molar-refractivity contribution is -0.503. The Morgan fingerprint density at radius 1 is 0.947 bits per heavy atom. The van der Waals surface area contributed by atoms with E-state index in [1.165, 1.54) is 25.7 Å². The van der Waals surface area contributed by atoms with E-state index in [9.17, 15) is 5.26 Å². The first-order chi connectivity index (χ1) is 9.33. The van der Waals surface area contributed by atoms with E-state index in [0.29, 0.717) is 19.4 Å². The highest BCUT2D eigenvalue weighted by Gasteiger charge is 2.33. The summed E-state index contributed by atoms with van der Waals surface area (Å²) in [5, 5.41) is 9.22. The molecule has 0 atom stereocenters. The summed E-state index contributed by atoms with van der Waals surface area (Å²) in [5.74, 6) is -0.981. The second-order valence-electron chi connectivity index (χ2n) is 5.31. The molecule has 1 aliphatic carbocycles. The largest absolute Gasteiger partial charge is 0.249 e. The Bertz CT molecular complexity index is 218. The van der Waals surface area contributed by atoms with Gasteiger partial charge in [0.05, 0.1) is 6.61 Å². The summed E-state index contributed by atoms with van der Waals surface area (Å²) in [7, 11) is 0. The van der Waals surface area contributed by atoms with Crippen molar-refractivity contribution >= 4 is 0 Å². The van der Waals surface area contributed by atoms with Crippen LogP contribution in [-0.2, 0) is 14.7 Å². The van der Waals surface area contributed by atoms with E-state index in [1.54, 1.807) is 6.08 Å². The van der Waals surface area contributed by atoms with E-state index in [1.807, 2.05) is 0 Å². The Morgan fingerprint density at radius 2 is 1.47 bits per heavy atom. The van der Waals surface area contributed by atoms with Crippen LogP contribution >= 0.6 is 0 Å². The highest BCUT2D eigenvalue weighted by Crippen LogP contribution is 2.29. The van der Waals surface area contributed by atoms with Gasteiger partial charge < -0.3 is 0 Å². The number of hydrogen-bond donors (Lipinski definition) is 1. The van der Waals surface area contributed by atoms with E-state index in [2.05, 4.69) is 11.5 Å². The Hall–Kier alpha value is -0.420. The van der Waals surface area contributed by atoms with Crippen LogP contribution in [0.1, 0.15) is 70.6 Å². The van der Waals surface area contributed by atoms with E-state index >= 15 is 0 Å². The van der Waals surface area contributed by atoms with Crippen LogP contribution in [0.3, 0.4) is 0 Å². The summed E-state index contributed by atoms with van der Waals surface area (Å²) >= 11 is 0. The summed E-state index contributed by atoms with van der Waals surface area (Å²) in [6.07, 6.45) is 13.3. The van der Waals surface area contributed by atoms with Gasteiger partial charge in [0.2, 0.25) is 5.79 Å². The van der Waals surface area contributed by atoms with Gasteiger partial charge in [-0.2, -0.15) is 4.89 Å². The van der Waals surface area contributed by atoms with Crippen molar-refractivity contribution in [2.24, 2.45) is 0 Å². The van der Waals surface area contributed by atoms with Gasteiger partial charge >= 0.3 is 0 Å². The van der Waals surface area contributed by atoms with Gasteiger partial charge in [-0.05, 0) is 19.3 Å². The molecular formula is C15H28O4. The minimum Gasteiger partial charge on any atom is -0.249 e. The molecule has 0 spiro atoms. The summed E-state index contributed by atoms with van der Waals surface area (Å²) < 4.78 is 0. The molecule has 0 bridgehead atoms. The van der Waals surface area contributed by atoms with Gasteiger partial charge in [0.1, 0.15) is 0 Å². The van der Waals surface area contributed by atoms with Crippen molar-refractivity contribution in [3.63, 3.8) is 0 Å². The maximum absolute atomic E-state index is 9.22. The highest BCUT2D eigenvalue weighted by atomic mass is 17.3. The van der Waals surface area contributed by atoms with Gasteiger partial charge in [0.25, 0.3) is 0 Å². The van der Waals surface area contributed by atoms with Crippen molar-refractivity contribution in [1.82, 2.24) is 0 Å². The first-order valence-electron chi connectivity index (χ1n) is 7.57. The molecule has 4 heteroatoms. The molecule has 1 fully saturated rings.